The van der Waals surface area contributed by atoms with Crippen LogP contribution in [0, 0.1) is 5.92 Å². The smallest absolute Gasteiger partial charge is 0.238 e. The summed E-state index contributed by atoms with van der Waals surface area (Å²) in [6.45, 7) is 8.63. The average molecular weight is 240 g/mol. The van der Waals surface area contributed by atoms with Crippen molar-refractivity contribution in [2.24, 2.45) is 5.92 Å². The molecule has 0 aromatic rings. The van der Waals surface area contributed by atoms with Crippen LogP contribution in [0.1, 0.15) is 6.92 Å². The van der Waals surface area contributed by atoms with Gasteiger partial charge in [-0.3, -0.25) is 13.7 Å². The molecule has 88 valence electrons. The van der Waals surface area contributed by atoms with Gasteiger partial charge in [0.2, 0.25) is 5.91 Å². The number of carbonyl (C=O) groups is 1. The summed E-state index contributed by atoms with van der Waals surface area (Å²) in [5.74, 6) is -1.16. The quantitative estimate of drug-likeness (QED) is 0.563. The minimum Gasteiger partial charge on any atom is -0.755 e. The SMILES string of the molecule is C=C/C=C\C(=C/C=C)C(C)C(=O)NS(=O)[O-]. The van der Waals surface area contributed by atoms with Crippen LogP contribution in [0.5, 0.6) is 0 Å². The van der Waals surface area contributed by atoms with Gasteiger partial charge in [-0.1, -0.05) is 43.5 Å². The minimum atomic E-state index is -2.59. The summed E-state index contributed by atoms with van der Waals surface area (Å²) in [5, 5.41) is 0. The number of allylic oxidation sites excluding steroid dienone is 5. The Hall–Kier alpha value is -1.46. The zero-order valence-corrected chi connectivity index (χ0v) is 9.83. The predicted molar refractivity (Wildman–Crippen MR) is 63.8 cm³/mol. The van der Waals surface area contributed by atoms with E-state index in [9.17, 15) is 13.6 Å². The number of hydrogen-bond donors (Lipinski definition) is 1. The van der Waals surface area contributed by atoms with E-state index in [1.54, 1.807) is 35.9 Å². The van der Waals surface area contributed by atoms with E-state index in [4.69, 9.17) is 0 Å². The van der Waals surface area contributed by atoms with Crippen molar-refractivity contribution in [2.75, 3.05) is 0 Å². The van der Waals surface area contributed by atoms with Gasteiger partial charge in [-0.25, -0.2) is 0 Å². The number of hydrogen-bond acceptors (Lipinski definition) is 3. The van der Waals surface area contributed by atoms with Crippen LogP contribution in [-0.2, 0) is 16.1 Å². The Balaban J connectivity index is 4.80. The molecule has 0 spiro atoms. The van der Waals surface area contributed by atoms with E-state index in [0.29, 0.717) is 5.57 Å². The van der Waals surface area contributed by atoms with Crippen LogP contribution >= 0.6 is 0 Å². The molecule has 0 saturated carbocycles. The molecular formula is C11H14NO3S-. The molecule has 0 heterocycles. The number of amides is 1. The lowest BCUT2D eigenvalue weighted by molar-refractivity contribution is -0.121. The highest BCUT2D eigenvalue weighted by atomic mass is 32.2. The lowest BCUT2D eigenvalue weighted by Gasteiger charge is -2.14. The molecule has 0 rings (SSSR count). The molecule has 0 aliphatic rings. The van der Waals surface area contributed by atoms with Crippen molar-refractivity contribution in [2.45, 2.75) is 6.92 Å². The molecular weight excluding hydrogens is 226 g/mol. The molecule has 2 atom stereocenters. The topological polar surface area (TPSA) is 69.2 Å². The highest BCUT2D eigenvalue weighted by Gasteiger charge is 2.15. The third kappa shape index (κ3) is 5.43. The maximum absolute atomic E-state index is 11.4. The van der Waals surface area contributed by atoms with Crippen LogP contribution in [0.15, 0.2) is 49.1 Å². The van der Waals surface area contributed by atoms with Gasteiger partial charge in [-0.05, 0) is 12.5 Å². The zero-order chi connectivity index (χ0) is 12.6. The third-order valence-corrected chi connectivity index (χ3v) is 2.18. The van der Waals surface area contributed by atoms with Crippen LogP contribution in [0.4, 0.5) is 0 Å². The first kappa shape index (κ1) is 14.5. The van der Waals surface area contributed by atoms with Crippen molar-refractivity contribution in [3.8, 4) is 0 Å². The first-order valence-corrected chi connectivity index (χ1v) is 5.62. The second-order valence-corrected chi connectivity index (χ2v) is 3.59. The summed E-state index contributed by atoms with van der Waals surface area (Å²) in [7, 11) is 0. The molecule has 0 aromatic carbocycles. The fourth-order valence-corrected chi connectivity index (χ4v) is 1.32. The highest BCUT2D eigenvalue weighted by molar-refractivity contribution is 7.77. The first-order chi connectivity index (χ1) is 7.52. The number of nitrogens with one attached hydrogen (secondary N) is 1. The average Bonchev–Trinajstić information content (AvgIpc) is 2.22. The van der Waals surface area contributed by atoms with E-state index < -0.39 is 23.1 Å². The van der Waals surface area contributed by atoms with E-state index in [1.807, 2.05) is 0 Å². The Kier molecular flexibility index (Phi) is 7.07. The van der Waals surface area contributed by atoms with Gasteiger partial charge in [0.15, 0.2) is 0 Å². The third-order valence-electron chi connectivity index (χ3n) is 1.81. The molecule has 0 bridgehead atoms. The Morgan fingerprint density at radius 2 is 2.06 bits per heavy atom. The van der Waals surface area contributed by atoms with Gasteiger partial charge < -0.3 is 4.55 Å². The molecule has 0 aromatic heterocycles. The molecule has 1 N–H and O–H groups in total. The Bertz CT molecular complexity index is 358. The van der Waals surface area contributed by atoms with Gasteiger partial charge in [0.1, 0.15) is 0 Å². The van der Waals surface area contributed by atoms with Crippen molar-refractivity contribution >= 4 is 17.2 Å². The summed E-state index contributed by atoms with van der Waals surface area (Å²) in [6.07, 6.45) is 8.06. The van der Waals surface area contributed by atoms with Gasteiger partial charge in [0.05, 0.1) is 5.92 Å². The van der Waals surface area contributed by atoms with Crippen LogP contribution < -0.4 is 4.72 Å². The molecule has 2 unspecified atom stereocenters. The fourth-order valence-electron chi connectivity index (χ4n) is 0.981. The molecule has 16 heavy (non-hydrogen) atoms. The maximum Gasteiger partial charge on any atom is 0.238 e. The van der Waals surface area contributed by atoms with Gasteiger partial charge in [0, 0.05) is 11.3 Å². The van der Waals surface area contributed by atoms with Gasteiger partial charge in [0.25, 0.3) is 0 Å². The molecule has 4 nitrogen and oxygen atoms in total. The standard InChI is InChI=1S/C11H15NO3S/c1-4-6-8-10(7-5-2)9(3)11(13)12-16(14)15/h4-9H,1-2H2,3H3,(H,12,13)(H,14,15)/p-1/b8-6-,10-7+. The minimum absolute atomic E-state index is 0.577. The summed E-state index contributed by atoms with van der Waals surface area (Å²) in [5.41, 5.74) is 0.651. The van der Waals surface area contributed by atoms with E-state index in [-0.39, 0.29) is 0 Å². The fraction of sp³-hybridized carbons (Fsp3) is 0.182. The Morgan fingerprint density at radius 3 is 2.50 bits per heavy atom. The van der Waals surface area contributed by atoms with Crippen LogP contribution in [0.3, 0.4) is 0 Å². The van der Waals surface area contributed by atoms with E-state index >= 15 is 0 Å². The largest absolute Gasteiger partial charge is 0.755 e. The lowest BCUT2D eigenvalue weighted by Crippen LogP contribution is -2.31. The second-order valence-electron chi connectivity index (χ2n) is 2.92. The molecule has 0 saturated heterocycles. The van der Waals surface area contributed by atoms with Gasteiger partial charge in [-0.2, -0.15) is 0 Å². The lowest BCUT2D eigenvalue weighted by atomic mass is 9.99. The number of rotatable bonds is 6. The molecule has 1 amide bonds. The molecule has 0 radical (unpaired) electrons. The molecule has 0 fully saturated rings. The normalized spacial score (nSPS) is 15.5. The van der Waals surface area contributed by atoms with Crippen LogP contribution in [0.25, 0.3) is 0 Å². The highest BCUT2D eigenvalue weighted by Crippen LogP contribution is 2.12. The molecule has 0 aliphatic carbocycles. The summed E-state index contributed by atoms with van der Waals surface area (Å²) in [6, 6.07) is 0. The van der Waals surface area contributed by atoms with E-state index in [2.05, 4.69) is 13.2 Å². The summed E-state index contributed by atoms with van der Waals surface area (Å²) in [4.78, 5) is 11.4. The van der Waals surface area contributed by atoms with Crippen molar-refractivity contribution in [1.82, 2.24) is 4.72 Å². The monoisotopic (exact) mass is 240 g/mol. The van der Waals surface area contributed by atoms with Gasteiger partial charge in [-0.15, -0.1) is 0 Å². The van der Waals surface area contributed by atoms with Crippen molar-refractivity contribution in [3.05, 3.63) is 49.1 Å². The predicted octanol–water partition coefficient (Wildman–Crippen LogP) is 1.39. The summed E-state index contributed by atoms with van der Waals surface area (Å²) >= 11 is -2.59. The summed E-state index contributed by atoms with van der Waals surface area (Å²) < 4.78 is 22.4. The Morgan fingerprint density at radius 1 is 1.44 bits per heavy atom. The van der Waals surface area contributed by atoms with E-state index in [1.165, 1.54) is 6.08 Å². The molecule has 0 aliphatic heterocycles. The maximum atomic E-state index is 11.4. The van der Waals surface area contributed by atoms with Crippen LogP contribution in [0.2, 0.25) is 0 Å². The second kappa shape index (κ2) is 7.78. The van der Waals surface area contributed by atoms with Gasteiger partial charge >= 0.3 is 0 Å². The van der Waals surface area contributed by atoms with Crippen molar-refractivity contribution < 1.29 is 13.6 Å². The van der Waals surface area contributed by atoms with Crippen molar-refractivity contribution in [1.29, 1.82) is 0 Å². The zero-order valence-electron chi connectivity index (χ0n) is 9.01. The Labute approximate surface area is 97.9 Å². The van der Waals surface area contributed by atoms with E-state index in [0.717, 1.165) is 0 Å². The number of carbonyl (C=O) groups excluding carboxylic acids is 1. The van der Waals surface area contributed by atoms with Crippen LogP contribution in [-0.4, -0.2) is 14.7 Å². The molecule has 5 heteroatoms. The van der Waals surface area contributed by atoms with Crippen molar-refractivity contribution in [3.63, 3.8) is 0 Å². The first-order valence-electron chi connectivity index (χ1n) is 4.54.